The zero-order valence-corrected chi connectivity index (χ0v) is 5.73. The van der Waals surface area contributed by atoms with Crippen LogP contribution in [0.5, 0.6) is 0 Å². The highest BCUT2D eigenvalue weighted by Gasteiger charge is 2.30. The fourth-order valence-electron chi connectivity index (χ4n) is 0.579. The van der Waals surface area contributed by atoms with Crippen molar-refractivity contribution in [2.24, 2.45) is 5.73 Å². The second-order valence-corrected chi connectivity index (χ2v) is 2.42. The Labute approximate surface area is 58.7 Å². The number of aliphatic hydroxyl groups excluding tert-OH is 2. The quantitative estimate of drug-likeness (QED) is 0.292. The number of hydrogen-bond donors (Lipinski definition) is 5. The average Bonchev–Trinajstić information content (AvgIpc) is 1.60. The van der Waals surface area contributed by atoms with Crippen LogP contribution >= 0.6 is 0 Å². The zero-order valence-electron chi connectivity index (χ0n) is 5.73. The van der Waals surface area contributed by atoms with Gasteiger partial charge in [0.05, 0.1) is 6.10 Å². The molecule has 0 aliphatic heterocycles. The molecule has 0 saturated carbocycles. The fraction of sp³-hybridized carbons (Fsp3) is 1.00. The van der Waals surface area contributed by atoms with Crippen LogP contribution in [0.2, 0.25) is 0 Å². The molecule has 0 heterocycles. The first-order valence-corrected chi connectivity index (χ1v) is 2.91. The number of nitrogens with two attached hydrogens (primary N) is 1. The van der Waals surface area contributed by atoms with Gasteiger partial charge in [-0.1, -0.05) is 0 Å². The van der Waals surface area contributed by atoms with Crippen LogP contribution in [0.3, 0.4) is 0 Å². The van der Waals surface area contributed by atoms with Gasteiger partial charge >= 0.3 is 0 Å². The first kappa shape index (κ1) is 9.80. The standard InChI is InChI=1S/C5H13NO4/c1-3(7)2-5(6,10)4(8)9/h3-4,7-10H,2,6H2,1H3. The first-order valence-electron chi connectivity index (χ1n) is 2.91. The molecule has 0 fully saturated rings. The van der Waals surface area contributed by atoms with Crippen molar-refractivity contribution in [3.63, 3.8) is 0 Å². The van der Waals surface area contributed by atoms with Crippen LogP contribution in [0.4, 0.5) is 0 Å². The van der Waals surface area contributed by atoms with Crippen molar-refractivity contribution in [1.29, 1.82) is 0 Å². The van der Waals surface area contributed by atoms with E-state index < -0.39 is 18.1 Å². The highest BCUT2D eigenvalue weighted by Crippen LogP contribution is 2.08. The van der Waals surface area contributed by atoms with Crippen molar-refractivity contribution < 1.29 is 20.4 Å². The van der Waals surface area contributed by atoms with Crippen LogP contribution in [0.15, 0.2) is 0 Å². The molecule has 0 spiro atoms. The van der Waals surface area contributed by atoms with Gasteiger partial charge in [-0.2, -0.15) is 0 Å². The molecule has 0 aromatic heterocycles. The van der Waals surface area contributed by atoms with Crippen LogP contribution in [0, 0.1) is 0 Å². The molecule has 0 aliphatic carbocycles. The maximum absolute atomic E-state index is 8.88. The number of aliphatic hydroxyl groups is 4. The van der Waals surface area contributed by atoms with E-state index in [1.165, 1.54) is 6.92 Å². The predicted octanol–water partition coefficient (Wildman–Crippen LogP) is -2.28. The van der Waals surface area contributed by atoms with Gasteiger partial charge in [-0.25, -0.2) is 0 Å². The van der Waals surface area contributed by atoms with E-state index in [-0.39, 0.29) is 6.42 Å². The zero-order chi connectivity index (χ0) is 8.36. The Hall–Kier alpha value is -0.200. The largest absolute Gasteiger partial charge is 0.393 e. The third-order valence-corrected chi connectivity index (χ3v) is 1.07. The fourth-order valence-corrected chi connectivity index (χ4v) is 0.579. The Bertz CT molecular complexity index is 102. The Balaban J connectivity index is 3.87. The monoisotopic (exact) mass is 151 g/mol. The third kappa shape index (κ3) is 3.09. The van der Waals surface area contributed by atoms with Gasteiger partial charge in [0.1, 0.15) is 0 Å². The van der Waals surface area contributed by atoms with E-state index in [1.54, 1.807) is 0 Å². The van der Waals surface area contributed by atoms with Gasteiger partial charge in [0.15, 0.2) is 12.0 Å². The van der Waals surface area contributed by atoms with Gasteiger partial charge in [-0.05, 0) is 6.92 Å². The summed E-state index contributed by atoms with van der Waals surface area (Å²) in [5, 5.41) is 34.4. The molecule has 0 radical (unpaired) electrons. The van der Waals surface area contributed by atoms with E-state index in [9.17, 15) is 0 Å². The molecule has 2 unspecified atom stereocenters. The lowest BCUT2D eigenvalue weighted by Gasteiger charge is -2.25. The van der Waals surface area contributed by atoms with Crippen molar-refractivity contribution in [3.05, 3.63) is 0 Å². The van der Waals surface area contributed by atoms with Crippen molar-refractivity contribution in [2.45, 2.75) is 31.5 Å². The number of rotatable bonds is 3. The molecule has 0 aromatic carbocycles. The average molecular weight is 151 g/mol. The highest BCUT2D eigenvalue weighted by molar-refractivity contribution is 4.74. The van der Waals surface area contributed by atoms with Gasteiger partial charge in [-0.3, -0.25) is 5.73 Å². The van der Waals surface area contributed by atoms with Gasteiger partial charge in [0.25, 0.3) is 0 Å². The summed E-state index contributed by atoms with van der Waals surface area (Å²) in [6, 6.07) is 0. The molecule has 0 aromatic rings. The summed E-state index contributed by atoms with van der Waals surface area (Å²) < 4.78 is 0. The van der Waals surface area contributed by atoms with E-state index in [4.69, 9.17) is 26.2 Å². The normalized spacial score (nSPS) is 20.7. The van der Waals surface area contributed by atoms with Crippen molar-refractivity contribution >= 4 is 0 Å². The maximum atomic E-state index is 8.88. The highest BCUT2D eigenvalue weighted by atomic mass is 16.5. The molecular weight excluding hydrogens is 138 g/mol. The van der Waals surface area contributed by atoms with E-state index in [1.807, 2.05) is 0 Å². The van der Waals surface area contributed by atoms with Crippen molar-refractivity contribution in [1.82, 2.24) is 0 Å². The van der Waals surface area contributed by atoms with Gasteiger partial charge in [-0.15, -0.1) is 0 Å². The molecule has 0 amide bonds. The molecule has 10 heavy (non-hydrogen) atoms. The lowest BCUT2D eigenvalue weighted by Crippen LogP contribution is -2.52. The van der Waals surface area contributed by atoms with Crippen LogP contribution < -0.4 is 5.73 Å². The third-order valence-electron chi connectivity index (χ3n) is 1.07. The smallest absolute Gasteiger partial charge is 0.195 e. The Morgan fingerprint density at radius 2 is 1.80 bits per heavy atom. The van der Waals surface area contributed by atoms with Crippen LogP contribution in [0.25, 0.3) is 0 Å². The molecule has 62 valence electrons. The van der Waals surface area contributed by atoms with E-state index in [0.29, 0.717) is 0 Å². The minimum absolute atomic E-state index is 0.273. The van der Waals surface area contributed by atoms with Crippen molar-refractivity contribution in [2.75, 3.05) is 0 Å². The molecule has 5 nitrogen and oxygen atoms in total. The molecule has 5 heteroatoms. The van der Waals surface area contributed by atoms with Crippen LogP contribution in [0.1, 0.15) is 13.3 Å². The molecule has 0 rings (SSSR count). The first-order chi connectivity index (χ1) is 4.36. The summed E-state index contributed by atoms with van der Waals surface area (Å²) in [7, 11) is 0. The summed E-state index contributed by atoms with van der Waals surface area (Å²) in [5.41, 5.74) is 2.84. The predicted molar refractivity (Wildman–Crippen MR) is 33.7 cm³/mol. The second kappa shape index (κ2) is 3.27. The topological polar surface area (TPSA) is 107 Å². The lowest BCUT2D eigenvalue weighted by molar-refractivity contribution is -0.192. The Morgan fingerprint density at radius 3 is 1.90 bits per heavy atom. The summed E-state index contributed by atoms with van der Waals surface area (Å²) in [6.45, 7) is 1.39. The summed E-state index contributed by atoms with van der Waals surface area (Å²) >= 11 is 0. The van der Waals surface area contributed by atoms with E-state index in [0.717, 1.165) is 0 Å². The van der Waals surface area contributed by atoms with Crippen LogP contribution in [-0.4, -0.2) is 38.5 Å². The molecule has 0 aliphatic rings. The minimum Gasteiger partial charge on any atom is -0.393 e. The Morgan fingerprint density at radius 1 is 1.40 bits per heavy atom. The number of hydrogen-bond acceptors (Lipinski definition) is 5. The summed E-state index contributed by atoms with van der Waals surface area (Å²) in [5.74, 6) is 0. The summed E-state index contributed by atoms with van der Waals surface area (Å²) in [4.78, 5) is 0. The lowest BCUT2D eigenvalue weighted by atomic mass is 10.1. The van der Waals surface area contributed by atoms with Gasteiger partial charge in [0.2, 0.25) is 0 Å². The van der Waals surface area contributed by atoms with Gasteiger partial charge in [0, 0.05) is 6.42 Å². The maximum Gasteiger partial charge on any atom is 0.195 e. The molecular formula is C5H13NO4. The van der Waals surface area contributed by atoms with E-state index >= 15 is 0 Å². The summed E-state index contributed by atoms with van der Waals surface area (Å²) in [6.07, 6.45) is -3.16. The molecule has 2 atom stereocenters. The minimum atomic E-state index is -2.12. The van der Waals surface area contributed by atoms with E-state index in [2.05, 4.69) is 0 Å². The van der Waals surface area contributed by atoms with Crippen molar-refractivity contribution in [3.8, 4) is 0 Å². The van der Waals surface area contributed by atoms with Crippen LogP contribution in [-0.2, 0) is 0 Å². The Kier molecular flexibility index (Phi) is 3.20. The molecule has 6 N–H and O–H groups in total. The molecule has 0 saturated heterocycles. The van der Waals surface area contributed by atoms with Gasteiger partial charge < -0.3 is 20.4 Å². The SMILES string of the molecule is CC(O)CC(N)(O)C(O)O. The second-order valence-electron chi connectivity index (χ2n) is 2.42. The molecule has 0 bridgehead atoms.